The molecule has 2 aromatic carbocycles. The number of aromatic nitrogens is 1. The predicted molar refractivity (Wildman–Crippen MR) is 140 cm³/mol. The van der Waals surface area contributed by atoms with Gasteiger partial charge in [0.15, 0.2) is 5.75 Å². The Morgan fingerprint density at radius 3 is 2.51 bits per heavy atom. The molecule has 4 rings (SSSR count). The number of nitrogens with zero attached hydrogens (tertiary/aromatic N) is 1. The lowest BCUT2D eigenvalue weighted by Crippen LogP contribution is -2.34. The SMILES string of the molecule is CNC(=O)c1cc(Oc2cccc(NC(=O)Nc3ccc(C(F)(F)F)c(OC4CCNCC4)c3Cl)c2)ccn1. The van der Waals surface area contributed by atoms with E-state index in [1.165, 1.54) is 25.4 Å². The smallest absolute Gasteiger partial charge is 0.420 e. The number of carbonyl (C=O) groups is 2. The van der Waals surface area contributed by atoms with Crippen molar-refractivity contribution in [3.63, 3.8) is 0 Å². The molecule has 3 aromatic rings. The normalized spacial score (nSPS) is 13.9. The number of hydrogen-bond acceptors (Lipinski definition) is 6. The van der Waals surface area contributed by atoms with Gasteiger partial charge in [-0.3, -0.25) is 9.78 Å². The first-order chi connectivity index (χ1) is 18.6. The minimum Gasteiger partial charge on any atom is -0.488 e. The monoisotopic (exact) mass is 563 g/mol. The first-order valence-corrected chi connectivity index (χ1v) is 12.3. The number of ether oxygens (including phenoxy) is 2. The predicted octanol–water partition coefficient (Wildman–Crippen LogP) is 5.68. The van der Waals surface area contributed by atoms with E-state index in [-0.39, 0.29) is 22.3 Å². The molecule has 1 aromatic heterocycles. The summed E-state index contributed by atoms with van der Waals surface area (Å²) in [5, 5.41) is 10.3. The topological polar surface area (TPSA) is 114 Å². The van der Waals surface area contributed by atoms with Crippen LogP contribution in [0.2, 0.25) is 5.02 Å². The summed E-state index contributed by atoms with van der Waals surface area (Å²) in [6, 6.07) is 10.6. The highest BCUT2D eigenvalue weighted by Gasteiger charge is 2.37. The fourth-order valence-corrected chi connectivity index (χ4v) is 4.11. The van der Waals surface area contributed by atoms with E-state index in [9.17, 15) is 22.8 Å². The fourth-order valence-electron chi connectivity index (χ4n) is 3.86. The van der Waals surface area contributed by atoms with Crippen LogP contribution in [-0.4, -0.2) is 43.2 Å². The standard InChI is InChI=1S/C26H25ClF3N5O4/c1-31-24(36)21-14-18(9-12-33-21)38-17-4-2-3-15(13-17)34-25(37)35-20-6-5-19(26(28,29)30)23(22(20)27)39-16-7-10-32-11-8-16/h2-6,9,12-14,16,32H,7-8,10-11H2,1H3,(H,31,36)(H2,34,35,37). The minimum atomic E-state index is -4.69. The van der Waals surface area contributed by atoms with E-state index in [1.54, 1.807) is 24.3 Å². The van der Waals surface area contributed by atoms with E-state index in [0.29, 0.717) is 43.1 Å². The number of halogens is 4. The lowest BCUT2D eigenvalue weighted by atomic mass is 10.1. The second-order valence-electron chi connectivity index (χ2n) is 8.53. The van der Waals surface area contributed by atoms with Gasteiger partial charge in [-0.2, -0.15) is 13.2 Å². The highest BCUT2D eigenvalue weighted by Crippen LogP contribution is 2.44. The van der Waals surface area contributed by atoms with E-state index in [0.717, 1.165) is 12.1 Å². The molecule has 9 nitrogen and oxygen atoms in total. The molecule has 4 N–H and O–H groups in total. The van der Waals surface area contributed by atoms with E-state index in [4.69, 9.17) is 21.1 Å². The van der Waals surface area contributed by atoms with E-state index < -0.39 is 29.6 Å². The molecule has 0 unspecified atom stereocenters. The van der Waals surface area contributed by atoms with Crippen LogP contribution in [0.1, 0.15) is 28.9 Å². The zero-order valence-electron chi connectivity index (χ0n) is 20.7. The van der Waals surface area contributed by atoms with Crippen molar-refractivity contribution in [2.24, 2.45) is 0 Å². The maximum Gasteiger partial charge on any atom is 0.420 e. The highest BCUT2D eigenvalue weighted by atomic mass is 35.5. The third-order valence-corrected chi connectivity index (χ3v) is 6.12. The lowest BCUT2D eigenvalue weighted by molar-refractivity contribution is -0.139. The first kappa shape index (κ1) is 28.0. The highest BCUT2D eigenvalue weighted by molar-refractivity contribution is 6.35. The molecule has 2 heterocycles. The Labute approximate surface area is 227 Å². The number of piperidine rings is 1. The molecule has 3 amide bonds. The summed E-state index contributed by atoms with van der Waals surface area (Å²) in [5.74, 6) is -0.188. The summed E-state index contributed by atoms with van der Waals surface area (Å²) in [6.07, 6.45) is -2.66. The van der Waals surface area contributed by atoms with Crippen LogP contribution in [0.4, 0.5) is 29.3 Å². The Hall–Kier alpha value is -4.03. The van der Waals surface area contributed by atoms with Gasteiger partial charge in [-0.15, -0.1) is 0 Å². The second-order valence-corrected chi connectivity index (χ2v) is 8.91. The van der Waals surface area contributed by atoms with Crippen molar-refractivity contribution in [2.75, 3.05) is 30.8 Å². The number of anilines is 2. The first-order valence-electron chi connectivity index (χ1n) is 11.9. The average Bonchev–Trinajstić information content (AvgIpc) is 2.90. The van der Waals surface area contributed by atoms with E-state index in [2.05, 4.69) is 26.3 Å². The number of alkyl halides is 3. The van der Waals surface area contributed by atoms with Crippen molar-refractivity contribution in [3.05, 3.63) is 71.0 Å². The van der Waals surface area contributed by atoms with Crippen molar-refractivity contribution < 1.29 is 32.2 Å². The summed E-state index contributed by atoms with van der Waals surface area (Å²) in [4.78, 5) is 28.5. The third-order valence-electron chi connectivity index (χ3n) is 5.74. The van der Waals surface area contributed by atoms with Crippen LogP contribution < -0.4 is 30.7 Å². The van der Waals surface area contributed by atoms with Crippen molar-refractivity contribution in [2.45, 2.75) is 25.1 Å². The summed E-state index contributed by atoms with van der Waals surface area (Å²) in [6.45, 7) is 1.23. The quantitative estimate of drug-likeness (QED) is 0.294. The van der Waals surface area contributed by atoms with Gasteiger partial charge in [-0.05, 0) is 56.3 Å². The maximum atomic E-state index is 13.7. The Kier molecular flexibility index (Phi) is 8.77. The van der Waals surface area contributed by atoms with Crippen molar-refractivity contribution in [1.29, 1.82) is 0 Å². The molecule has 0 bridgehead atoms. The lowest BCUT2D eigenvalue weighted by Gasteiger charge is -2.26. The molecule has 0 radical (unpaired) electrons. The Bertz CT molecular complexity index is 1350. The number of benzene rings is 2. The van der Waals surface area contributed by atoms with E-state index in [1.807, 2.05) is 0 Å². The van der Waals surface area contributed by atoms with Gasteiger partial charge in [0.05, 0.1) is 11.3 Å². The largest absolute Gasteiger partial charge is 0.488 e. The fraction of sp³-hybridized carbons (Fsp3) is 0.269. The van der Waals surface area contributed by atoms with Gasteiger partial charge in [0.2, 0.25) is 0 Å². The number of amides is 3. The molecular formula is C26H25ClF3N5O4. The van der Waals surface area contributed by atoms with Crippen LogP contribution in [0.15, 0.2) is 54.7 Å². The van der Waals surface area contributed by atoms with Crippen LogP contribution in [0, 0.1) is 0 Å². The molecule has 39 heavy (non-hydrogen) atoms. The van der Waals surface area contributed by atoms with Gasteiger partial charge in [0.1, 0.15) is 28.3 Å². The molecule has 0 spiro atoms. The number of pyridine rings is 1. The zero-order valence-corrected chi connectivity index (χ0v) is 21.4. The second kappa shape index (κ2) is 12.2. The summed E-state index contributed by atoms with van der Waals surface area (Å²) in [7, 11) is 1.48. The van der Waals surface area contributed by atoms with Crippen molar-refractivity contribution in [1.82, 2.24) is 15.6 Å². The Morgan fingerprint density at radius 1 is 1.05 bits per heavy atom. The molecule has 0 aliphatic carbocycles. The molecular weight excluding hydrogens is 539 g/mol. The summed E-state index contributed by atoms with van der Waals surface area (Å²) >= 11 is 6.31. The van der Waals surface area contributed by atoms with E-state index >= 15 is 0 Å². The van der Waals surface area contributed by atoms with Crippen molar-refractivity contribution in [3.8, 4) is 17.2 Å². The van der Waals surface area contributed by atoms with Crippen LogP contribution in [0.5, 0.6) is 17.2 Å². The maximum absolute atomic E-state index is 13.7. The van der Waals surface area contributed by atoms with Gasteiger partial charge in [0.25, 0.3) is 5.91 Å². The van der Waals surface area contributed by atoms with Crippen LogP contribution >= 0.6 is 11.6 Å². The molecule has 1 saturated heterocycles. The van der Waals surface area contributed by atoms with Crippen LogP contribution in [0.25, 0.3) is 0 Å². The summed E-state index contributed by atoms with van der Waals surface area (Å²) < 4.78 is 52.4. The molecule has 1 aliphatic rings. The molecule has 0 atom stereocenters. The third kappa shape index (κ3) is 7.30. The zero-order chi connectivity index (χ0) is 28.0. The van der Waals surface area contributed by atoms with Gasteiger partial charge in [-0.25, -0.2) is 4.79 Å². The molecule has 13 heteroatoms. The van der Waals surface area contributed by atoms with Crippen LogP contribution in [-0.2, 0) is 6.18 Å². The van der Waals surface area contributed by atoms with Gasteiger partial charge < -0.3 is 30.7 Å². The van der Waals surface area contributed by atoms with Gasteiger partial charge >= 0.3 is 12.2 Å². The number of carbonyl (C=O) groups excluding carboxylic acids is 2. The molecule has 1 fully saturated rings. The van der Waals surface area contributed by atoms with Crippen molar-refractivity contribution >= 4 is 34.9 Å². The van der Waals surface area contributed by atoms with Crippen LogP contribution in [0.3, 0.4) is 0 Å². The van der Waals surface area contributed by atoms with Gasteiger partial charge in [0, 0.05) is 31.1 Å². The number of nitrogens with one attached hydrogen (secondary N) is 4. The number of hydrogen-bond donors (Lipinski definition) is 4. The number of rotatable bonds is 7. The average molecular weight is 564 g/mol. The minimum absolute atomic E-state index is 0.0444. The Balaban J connectivity index is 1.47. The van der Waals surface area contributed by atoms with Gasteiger partial charge in [-0.1, -0.05) is 17.7 Å². The summed E-state index contributed by atoms with van der Waals surface area (Å²) in [5.41, 5.74) is -0.560. The Morgan fingerprint density at radius 2 is 1.79 bits per heavy atom. The molecule has 0 saturated carbocycles. The molecule has 1 aliphatic heterocycles. The number of urea groups is 1. The molecule has 206 valence electrons.